The van der Waals surface area contributed by atoms with Crippen molar-refractivity contribution < 1.29 is 16.8 Å². The number of anilines is 2. The minimum atomic E-state index is -3.79. The summed E-state index contributed by atoms with van der Waals surface area (Å²) in [7, 11) is -6.75. The van der Waals surface area contributed by atoms with Crippen molar-refractivity contribution in [2.75, 3.05) is 35.2 Å². The quantitative estimate of drug-likeness (QED) is 0.686. The molecule has 2 rings (SSSR count). The van der Waals surface area contributed by atoms with E-state index in [2.05, 4.69) is 0 Å². The van der Waals surface area contributed by atoms with Gasteiger partial charge in [-0.2, -0.15) is 0 Å². The highest BCUT2D eigenvalue weighted by molar-refractivity contribution is 7.91. The Bertz CT molecular complexity index is 683. The molecule has 0 bridgehead atoms. The molecule has 0 saturated carbocycles. The largest absolute Gasteiger partial charge is 0.397 e. The molecule has 0 spiro atoms. The van der Waals surface area contributed by atoms with E-state index in [4.69, 9.17) is 10.9 Å². The van der Waals surface area contributed by atoms with Crippen LogP contribution in [0.15, 0.2) is 23.1 Å². The summed E-state index contributed by atoms with van der Waals surface area (Å²) in [5, 5.41) is 5.01. The monoisotopic (exact) mass is 305 g/mol. The van der Waals surface area contributed by atoms with Gasteiger partial charge in [0.1, 0.15) is 0 Å². The lowest BCUT2D eigenvalue weighted by Gasteiger charge is -2.29. The predicted octanol–water partition coefficient (Wildman–Crippen LogP) is -0.849. The van der Waals surface area contributed by atoms with E-state index < -0.39 is 19.9 Å². The van der Waals surface area contributed by atoms with E-state index in [0.29, 0.717) is 18.8 Å². The Labute approximate surface area is 112 Å². The van der Waals surface area contributed by atoms with Gasteiger partial charge in [-0.1, -0.05) is 0 Å². The Morgan fingerprint density at radius 1 is 1.16 bits per heavy atom. The molecule has 1 aliphatic heterocycles. The molecular weight excluding hydrogens is 290 g/mol. The van der Waals surface area contributed by atoms with Gasteiger partial charge in [-0.25, -0.2) is 22.0 Å². The summed E-state index contributed by atoms with van der Waals surface area (Å²) < 4.78 is 45.1. The van der Waals surface area contributed by atoms with Crippen LogP contribution in [0.25, 0.3) is 0 Å². The lowest BCUT2D eigenvalue weighted by molar-refractivity contribution is 0.587. The molecule has 1 aliphatic rings. The molecule has 1 fully saturated rings. The normalized spacial score (nSPS) is 19.3. The van der Waals surface area contributed by atoms with Crippen molar-refractivity contribution in [2.45, 2.75) is 4.90 Å². The van der Waals surface area contributed by atoms with Crippen LogP contribution >= 0.6 is 0 Å². The first-order valence-electron chi connectivity index (χ1n) is 5.57. The first kappa shape index (κ1) is 14.1. The molecule has 7 nitrogen and oxygen atoms in total. The van der Waals surface area contributed by atoms with Crippen LogP contribution in [0.1, 0.15) is 0 Å². The molecule has 106 valence electrons. The highest BCUT2D eigenvalue weighted by Crippen LogP contribution is 2.27. The van der Waals surface area contributed by atoms with Crippen LogP contribution in [-0.2, 0) is 19.9 Å². The molecule has 1 aromatic rings. The number of nitrogen functional groups attached to an aromatic ring is 1. The van der Waals surface area contributed by atoms with Gasteiger partial charge < -0.3 is 10.6 Å². The maximum Gasteiger partial charge on any atom is 0.238 e. The van der Waals surface area contributed by atoms with Crippen LogP contribution in [0.5, 0.6) is 0 Å². The van der Waals surface area contributed by atoms with Crippen molar-refractivity contribution in [1.82, 2.24) is 0 Å². The smallest absolute Gasteiger partial charge is 0.238 e. The molecule has 1 aromatic carbocycles. The second-order valence-electron chi connectivity index (χ2n) is 4.40. The van der Waals surface area contributed by atoms with Gasteiger partial charge >= 0.3 is 0 Å². The van der Waals surface area contributed by atoms with E-state index in [1.165, 1.54) is 12.1 Å². The Morgan fingerprint density at radius 2 is 1.74 bits per heavy atom. The lowest BCUT2D eigenvalue weighted by Crippen LogP contribution is -2.40. The van der Waals surface area contributed by atoms with Crippen LogP contribution in [0.3, 0.4) is 0 Å². The molecule has 0 aliphatic carbocycles. The molecule has 4 N–H and O–H groups in total. The highest BCUT2D eigenvalue weighted by Gasteiger charge is 2.23. The lowest BCUT2D eigenvalue weighted by atomic mass is 10.2. The van der Waals surface area contributed by atoms with Gasteiger partial charge in [-0.05, 0) is 18.2 Å². The van der Waals surface area contributed by atoms with Crippen LogP contribution in [0.4, 0.5) is 11.4 Å². The maximum absolute atomic E-state index is 11.3. The first-order chi connectivity index (χ1) is 8.69. The number of sulfone groups is 1. The molecule has 19 heavy (non-hydrogen) atoms. The minimum absolute atomic E-state index is 0.0571. The van der Waals surface area contributed by atoms with Gasteiger partial charge in [-0.15, -0.1) is 0 Å². The molecule has 1 heterocycles. The molecule has 0 amide bonds. The van der Waals surface area contributed by atoms with E-state index in [9.17, 15) is 16.8 Å². The topological polar surface area (TPSA) is 124 Å². The average Bonchev–Trinajstić information content (AvgIpc) is 2.28. The number of nitrogens with zero attached hydrogens (tertiary/aromatic N) is 1. The van der Waals surface area contributed by atoms with Crippen molar-refractivity contribution in [2.24, 2.45) is 5.14 Å². The summed E-state index contributed by atoms with van der Waals surface area (Å²) in [5.41, 5.74) is 6.70. The third kappa shape index (κ3) is 3.17. The number of hydrogen-bond donors (Lipinski definition) is 2. The molecule has 1 saturated heterocycles. The van der Waals surface area contributed by atoms with Crippen molar-refractivity contribution in [1.29, 1.82) is 0 Å². The molecule has 0 atom stereocenters. The van der Waals surface area contributed by atoms with Gasteiger partial charge in [0.05, 0.1) is 27.8 Å². The summed E-state index contributed by atoms with van der Waals surface area (Å²) in [4.78, 5) is 1.77. The van der Waals surface area contributed by atoms with Crippen LogP contribution in [-0.4, -0.2) is 41.4 Å². The number of primary sulfonamides is 1. The van der Waals surface area contributed by atoms with Gasteiger partial charge in [0.25, 0.3) is 0 Å². The van der Waals surface area contributed by atoms with Crippen LogP contribution in [0, 0.1) is 0 Å². The summed E-state index contributed by atoms with van der Waals surface area (Å²) in [6.07, 6.45) is 0. The van der Waals surface area contributed by atoms with Crippen LogP contribution < -0.4 is 15.8 Å². The van der Waals surface area contributed by atoms with Crippen molar-refractivity contribution >= 4 is 31.2 Å². The number of nitrogens with two attached hydrogens (primary N) is 2. The van der Waals surface area contributed by atoms with Gasteiger partial charge in [0.15, 0.2) is 9.84 Å². The minimum Gasteiger partial charge on any atom is -0.397 e. The first-order valence-corrected chi connectivity index (χ1v) is 8.93. The number of benzene rings is 1. The number of rotatable bonds is 2. The molecule has 0 aromatic heterocycles. The average molecular weight is 305 g/mol. The number of hydrogen-bond acceptors (Lipinski definition) is 6. The van der Waals surface area contributed by atoms with E-state index in [1.54, 1.807) is 6.07 Å². The fourth-order valence-electron chi connectivity index (χ4n) is 1.95. The summed E-state index contributed by atoms with van der Waals surface area (Å²) in [6, 6.07) is 4.20. The summed E-state index contributed by atoms with van der Waals surface area (Å²) in [5.74, 6) is 0.146. The Hall–Kier alpha value is -1.32. The summed E-state index contributed by atoms with van der Waals surface area (Å²) >= 11 is 0. The Morgan fingerprint density at radius 3 is 2.21 bits per heavy atom. The van der Waals surface area contributed by atoms with Gasteiger partial charge in [-0.3, -0.25) is 0 Å². The fraction of sp³-hybridized carbons (Fsp3) is 0.400. The zero-order valence-electron chi connectivity index (χ0n) is 10.1. The highest BCUT2D eigenvalue weighted by atomic mass is 32.2. The maximum atomic E-state index is 11.3. The molecule has 0 unspecified atom stereocenters. The van der Waals surface area contributed by atoms with Crippen molar-refractivity contribution in [3.63, 3.8) is 0 Å². The third-order valence-corrected chi connectivity index (χ3v) is 5.53. The van der Waals surface area contributed by atoms with Gasteiger partial charge in [0, 0.05) is 13.1 Å². The van der Waals surface area contributed by atoms with E-state index in [0.717, 1.165) is 0 Å². The van der Waals surface area contributed by atoms with Crippen LogP contribution in [0.2, 0.25) is 0 Å². The van der Waals surface area contributed by atoms with E-state index in [1.807, 2.05) is 4.90 Å². The molecular formula is C10H15N3O4S2. The van der Waals surface area contributed by atoms with E-state index >= 15 is 0 Å². The zero-order chi connectivity index (χ0) is 14.3. The Kier molecular flexibility index (Phi) is 3.45. The van der Waals surface area contributed by atoms with E-state index in [-0.39, 0.29) is 22.1 Å². The molecule has 9 heteroatoms. The second kappa shape index (κ2) is 4.66. The van der Waals surface area contributed by atoms with Gasteiger partial charge in [0.2, 0.25) is 10.0 Å². The summed E-state index contributed by atoms with van der Waals surface area (Å²) in [6.45, 7) is 0.697. The fourth-order valence-corrected chi connectivity index (χ4v) is 3.70. The number of sulfonamides is 1. The van der Waals surface area contributed by atoms with Crippen molar-refractivity contribution in [3.05, 3.63) is 18.2 Å². The predicted molar refractivity (Wildman–Crippen MR) is 73.1 cm³/mol. The van der Waals surface area contributed by atoms with Crippen molar-refractivity contribution in [3.8, 4) is 0 Å². The Balaban J connectivity index is 2.28. The SMILES string of the molecule is Nc1cc(S(N)(=O)=O)ccc1N1CCS(=O)(=O)CC1. The zero-order valence-corrected chi connectivity index (χ0v) is 11.7. The third-order valence-electron chi connectivity index (χ3n) is 3.01. The standard InChI is InChI=1S/C10H15N3O4S2/c11-9-7-8(19(12,16)17)1-2-10(9)13-3-5-18(14,15)6-4-13/h1-2,7H,3-6,11H2,(H2,12,16,17). The molecule has 0 radical (unpaired) electrons. The second-order valence-corrected chi connectivity index (χ2v) is 8.27.